The number of anilines is 1. The van der Waals surface area contributed by atoms with Crippen molar-refractivity contribution in [3.05, 3.63) is 31.7 Å². The first kappa shape index (κ1) is 18.2. The minimum Gasteiger partial charge on any atom is -0.464 e. The van der Waals surface area contributed by atoms with Gasteiger partial charge in [0.1, 0.15) is 5.60 Å². The first-order chi connectivity index (χ1) is 9.94. The Morgan fingerprint density at radius 2 is 1.95 bits per heavy atom. The molecular formula is C12H12BrClN2O6. The lowest BCUT2D eigenvalue weighted by molar-refractivity contribution is -0.384. The zero-order valence-corrected chi connectivity index (χ0v) is 14.1. The molecule has 0 saturated carbocycles. The van der Waals surface area contributed by atoms with Crippen LogP contribution in [0.15, 0.2) is 16.6 Å². The number of carbonyl (C=O) groups excluding carboxylic acids is 1. The van der Waals surface area contributed by atoms with Crippen LogP contribution in [-0.2, 0) is 4.74 Å². The molecule has 0 fully saturated rings. The molecule has 1 N–H and O–H groups in total. The molecule has 0 aliphatic carbocycles. The van der Waals surface area contributed by atoms with Gasteiger partial charge in [-0.2, -0.15) is 4.90 Å². The van der Waals surface area contributed by atoms with Gasteiger partial charge in [-0.3, -0.25) is 10.1 Å². The van der Waals surface area contributed by atoms with E-state index in [0.29, 0.717) is 0 Å². The fraction of sp³-hybridized carbons (Fsp3) is 0.333. The SMILES string of the molecule is CC(C)(C)OC(=O)N(C(=O)O)c1c(Br)cc(Cl)cc1[N+](=O)[O-]. The van der Waals surface area contributed by atoms with E-state index >= 15 is 0 Å². The highest BCUT2D eigenvalue weighted by Gasteiger charge is 2.35. The number of benzene rings is 1. The van der Waals surface area contributed by atoms with Crippen molar-refractivity contribution in [2.45, 2.75) is 26.4 Å². The van der Waals surface area contributed by atoms with Gasteiger partial charge in [-0.25, -0.2) is 9.59 Å². The van der Waals surface area contributed by atoms with Crippen LogP contribution < -0.4 is 4.90 Å². The minimum absolute atomic E-state index is 0.0110. The first-order valence-electron chi connectivity index (χ1n) is 5.83. The van der Waals surface area contributed by atoms with E-state index in [1.807, 2.05) is 0 Å². The predicted octanol–water partition coefficient (Wildman–Crippen LogP) is 4.43. The lowest BCUT2D eigenvalue weighted by Crippen LogP contribution is -2.40. The van der Waals surface area contributed by atoms with E-state index in [9.17, 15) is 24.8 Å². The molecule has 0 saturated heterocycles. The van der Waals surface area contributed by atoms with Crippen molar-refractivity contribution in [3.63, 3.8) is 0 Å². The molecule has 120 valence electrons. The van der Waals surface area contributed by atoms with Crippen molar-refractivity contribution in [1.82, 2.24) is 0 Å². The van der Waals surface area contributed by atoms with Crippen LogP contribution in [0.2, 0.25) is 5.02 Å². The van der Waals surface area contributed by atoms with E-state index in [0.717, 1.165) is 6.07 Å². The normalized spacial score (nSPS) is 11.0. The summed E-state index contributed by atoms with van der Waals surface area (Å²) >= 11 is 8.70. The van der Waals surface area contributed by atoms with Gasteiger partial charge in [0.25, 0.3) is 5.69 Å². The number of nitro groups is 1. The predicted molar refractivity (Wildman–Crippen MR) is 82.5 cm³/mol. The van der Waals surface area contributed by atoms with Crippen molar-refractivity contribution >= 4 is 51.1 Å². The number of halogens is 2. The Morgan fingerprint density at radius 1 is 1.41 bits per heavy atom. The molecule has 0 aromatic heterocycles. The number of nitrogens with zero attached hydrogens (tertiary/aromatic N) is 2. The van der Waals surface area contributed by atoms with Gasteiger partial charge in [0, 0.05) is 11.1 Å². The van der Waals surface area contributed by atoms with E-state index in [-0.39, 0.29) is 14.4 Å². The van der Waals surface area contributed by atoms with Crippen LogP contribution in [0.25, 0.3) is 0 Å². The highest BCUT2D eigenvalue weighted by molar-refractivity contribution is 9.10. The molecule has 0 radical (unpaired) electrons. The zero-order valence-electron chi connectivity index (χ0n) is 11.8. The van der Waals surface area contributed by atoms with Crippen LogP contribution in [0.1, 0.15) is 20.8 Å². The number of amides is 2. The molecule has 1 rings (SSSR count). The van der Waals surface area contributed by atoms with Crippen LogP contribution in [0.4, 0.5) is 21.0 Å². The number of carbonyl (C=O) groups is 2. The summed E-state index contributed by atoms with van der Waals surface area (Å²) in [5.74, 6) is 0. The highest BCUT2D eigenvalue weighted by atomic mass is 79.9. The molecule has 2 amide bonds. The third-order valence-electron chi connectivity index (χ3n) is 2.20. The number of imide groups is 1. The molecule has 0 aliphatic rings. The van der Waals surface area contributed by atoms with Crippen LogP contribution in [-0.4, -0.2) is 27.8 Å². The summed E-state index contributed by atoms with van der Waals surface area (Å²) in [6.45, 7) is 4.61. The molecule has 0 heterocycles. The number of rotatable bonds is 2. The van der Waals surface area contributed by atoms with Crippen LogP contribution in [0.5, 0.6) is 0 Å². The van der Waals surface area contributed by atoms with Gasteiger partial charge in [-0.15, -0.1) is 0 Å². The second kappa shape index (κ2) is 6.49. The third kappa shape index (κ3) is 4.31. The van der Waals surface area contributed by atoms with Crippen molar-refractivity contribution in [1.29, 1.82) is 0 Å². The monoisotopic (exact) mass is 394 g/mol. The number of ether oxygens (including phenoxy) is 1. The molecule has 0 unspecified atom stereocenters. The number of hydrogen-bond donors (Lipinski definition) is 1. The van der Waals surface area contributed by atoms with Crippen molar-refractivity contribution < 1.29 is 24.4 Å². The highest BCUT2D eigenvalue weighted by Crippen LogP contribution is 2.39. The summed E-state index contributed by atoms with van der Waals surface area (Å²) in [7, 11) is 0. The number of hydrogen-bond acceptors (Lipinski definition) is 5. The van der Waals surface area contributed by atoms with Crippen LogP contribution in [0.3, 0.4) is 0 Å². The largest absolute Gasteiger partial charge is 0.464 e. The maximum Gasteiger partial charge on any atom is 0.424 e. The van der Waals surface area contributed by atoms with Crippen molar-refractivity contribution in [3.8, 4) is 0 Å². The van der Waals surface area contributed by atoms with Crippen molar-refractivity contribution in [2.24, 2.45) is 0 Å². The van der Waals surface area contributed by atoms with Gasteiger partial charge in [-0.05, 0) is 42.8 Å². The third-order valence-corrected chi connectivity index (χ3v) is 3.02. The average Bonchev–Trinajstić information content (AvgIpc) is 2.28. The lowest BCUT2D eigenvalue weighted by atomic mass is 10.2. The molecule has 0 bridgehead atoms. The Balaban J connectivity index is 3.49. The maximum atomic E-state index is 12.1. The van der Waals surface area contributed by atoms with Crippen LogP contribution >= 0.6 is 27.5 Å². The van der Waals surface area contributed by atoms with Crippen LogP contribution in [0, 0.1) is 10.1 Å². The van der Waals surface area contributed by atoms with Crippen molar-refractivity contribution in [2.75, 3.05) is 4.90 Å². The van der Waals surface area contributed by atoms with E-state index in [1.165, 1.54) is 26.8 Å². The average molecular weight is 396 g/mol. The Kier molecular flexibility index (Phi) is 5.36. The lowest BCUT2D eigenvalue weighted by Gasteiger charge is -2.24. The Labute approximate surface area is 138 Å². The van der Waals surface area contributed by atoms with Gasteiger partial charge in [0.2, 0.25) is 0 Å². The van der Waals surface area contributed by atoms with Gasteiger partial charge in [0.05, 0.1) is 9.40 Å². The van der Waals surface area contributed by atoms with E-state index in [1.54, 1.807) is 0 Å². The van der Waals surface area contributed by atoms with Gasteiger partial charge in [0.15, 0.2) is 5.69 Å². The molecular weight excluding hydrogens is 383 g/mol. The molecule has 0 atom stereocenters. The van der Waals surface area contributed by atoms with E-state index < -0.39 is 34.1 Å². The smallest absolute Gasteiger partial charge is 0.424 e. The molecule has 10 heteroatoms. The molecule has 1 aromatic rings. The minimum atomic E-state index is -1.72. The molecule has 0 aliphatic heterocycles. The zero-order chi connectivity index (χ0) is 17.2. The van der Waals surface area contributed by atoms with Gasteiger partial charge >= 0.3 is 12.2 Å². The first-order valence-corrected chi connectivity index (χ1v) is 7.00. The van der Waals surface area contributed by atoms with Gasteiger partial charge < -0.3 is 9.84 Å². The Morgan fingerprint density at radius 3 is 2.36 bits per heavy atom. The molecule has 1 aromatic carbocycles. The summed E-state index contributed by atoms with van der Waals surface area (Å²) in [5.41, 5.74) is -2.10. The quantitative estimate of drug-likeness (QED) is 0.586. The standard InChI is InChI=1S/C12H12BrClN2O6/c1-12(2,3)22-11(19)15(10(17)18)9-7(13)4-6(14)5-8(9)16(20)21/h4-5H,1-3H3,(H,17,18). The second-order valence-corrected chi connectivity index (χ2v) is 6.40. The van der Waals surface area contributed by atoms with E-state index in [4.69, 9.17) is 16.3 Å². The summed E-state index contributed by atoms with van der Waals surface area (Å²) in [5, 5.41) is 20.4. The molecule has 0 spiro atoms. The van der Waals surface area contributed by atoms with Gasteiger partial charge in [-0.1, -0.05) is 11.6 Å². The number of nitro benzene ring substituents is 1. The summed E-state index contributed by atoms with van der Waals surface area (Å²) in [4.78, 5) is 33.9. The topological polar surface area (TPSA) is 110 Å². The fourth-order valence-electron chi connectivity index (χ4n) is 1.49. The second-order valence-electron chi connectivity index (χ2n) is 5.11. The maximum absolute atomic E-state index is 12.1. The molecule has 8 nitrogen and oxygen atoms in total. The fourth-order valence-corrected chi connectivity index (χ4v) is 2.46. The Hall–Kier alpha value is -1.87. The Bertz CT molecular complexity index is 643. The summed E-state index contributed by atoms with van der Waals surface area (Å²) < 4.78 is 4.94. The van der Waals surface area contributed by atoms with E-state index in [2.05, 4.69) is 15.9 Å². The number of carboxylic acid groups (broad SMARTS) is 1. The molecule has 22 heavy (non-hydrogen) atoms. The summed E-state index contributed by atoms with van der Waals surface area (Å²) in [6.07, 6.45) is -2.98. The summed E-state index contributed by atoms with van der Waals surface area (Å²) in [6, 6.07) is 2.19.